The lowest BCUT2D eigenvalue weighted by atomic mass is 9.88. The van der Waals surface area contributed by atoms with Crippen molar-refractivity contribution in [1.29, 1.82) is 0 Å². The molecule has 0 unspecified atom stereocenters. The van der Waals surface area contributed by atoms with Gasteiger partial charge in [-0.15, -0.1) is 0 Å². The van der Waals surface area contributed by atoms with E-state index in [0.717, 1.165) is 0 Å². The predicted molar refractivity (Wildman–Crippen MR) is 76.4 cm³/mol. The molecule has 0 N–H and O–H groups in total. The molecule has 0 aliphatic heterocycles. The van der Waals surface area contributed by atoms with Crippen molar-refractivity contribution >= 4 is 0 Å². The van der Waals surface area contributed by atoms with Gasteiger partial charge >= 0.3 is 0 Å². The first-order valence-electron chi connectivity index (χ1n) is 6.01. The molecule has 0 aliphatic rings. The lowest BCUT2D eigenvalue weighted by Gasteiger charge is -2.17. The zero-order valence-corrected chi connectivity index (χ0v) is 9.77. The molecule has 0 heterocycles. The first-order chi connectivity index (χ1) is 7.92. The zero-order valence-electron chi connectivity index (χ0n) is 9.77. The fourth-order valence-electron chi connectivity index (χ4n) is 2.19. The van der Waals surface area contributed by atoms with E-state index in [0.29, 0.717) is 5.92 Å². The Balaban J connectivity index is 0.00000144. The second-order valence-electron chi connectivity index (χ2n) is 4.16. The van der Waals surface area contributed by atoms with Crippen LogP contribution in [0.1, 0.15) is 44.2 Å². The molecule has 0 aromatic heterocycles. The minimum Gasteiger partial charge on any atom is -0.0776 e. The largest absolute Gasteiger partial charge is 0.0776 e. The number of hydrogen-bond acceptors (Lipinski definition) is 0. The van der Waals surface area contributed by atoms with E-state index in [1.807, 2.05) is 0 Å². The van der Waals surface area contributed by atoms with Crippen LogP contribution in [0.4, 0.5) is 0 Å². The first-order valence-corrected chi connectivity index (χ1v) is 6.01. The van der Waals surface area contributed by atoms with Crippen molar-refractivity contribution in [2.75, 3.05) is 0 Å². The molecule has 0 atom stereocenters. The normalized spacial score (nSPS) is 10.0. The third-order valence-electron chi connectivity index (χ3n) is 2.98. The Kier molecular flexibility index (Phi) is 5.48. The fourth-order valence-corrected chi connectivity index (χ4v) is 2.19. The second kappa shape index (κ2) is 6.90. The third-order valence-corrected chi connectivity index (χ3v) is 2.98. The van der Waals surface area contributed by atoms with E-state index in [1.54, 1.807) is 0 Å². The van der Waals surface area contributed by atoms with Crippen LogP contribution in [0.2, 0.25) is 0 Å². The molecule has 0 heteroatoms. The summed E-state index contributed by atoms with van der Waals surface area (Å²) >= 11 is 0. The quantitative estimate of drug-likeness (QED) is 0.667. The first kappa shape index (κ1) is 13.5. The van der Waals surface area contributed by atoms with Gasteiger partial charge in [0.2, 0.25) is 0 Å². The topological polar surface area (TPSA) is 0 Å². The maximum absolute atomic E-state index is 2.25. The average molecular weight is 226 g/mol. The second-order valence-corrected chi connectivity index (χ2v) is 4.16. The summed E-state index contributed by atoms with van der Waals surface area (Å²) in [6.45, 7) is 2.25. The van der Waals surface area contributed by atoms with Crippen molar-refractivity contribution in [2.24, 2.45) is 0 Å². The van der Waals surface area contributed by atoms with Crippen LogP contribution in [0.5, 0.6) is 0 Å². The molecule has 17 heavy (non-hydrogen) atoms. The van der Waals surface area contributed by atoms with Crippen molar-refractivity contribution < 1.29 is 0 Å². The Bertz CT molecular complexity index is 363. The molecular formula is C17H22. The highest BCUT2D eigenvalue weighted by molar-refractivity contribution is 5.32. The van der Waals surface area contributed by atoms with Gasteiger partial charge in [-0.05, 0) is 17.5 Å². The van der Waals surface area contributed by atoms with Gasteiger partial charge in [-0.2, -0.15) is 0 Å². The summed E-state index contributed by atoms with van der Waals surface area (Å²) in [5, 5.41) is 0. The van der Waals surface area contributed by atoms with Crippen LogP contribution in [0.25, 0.3) is 0 Å². The molecule has 0 bridgehead atoms. The van der Waals surface area contributed by atoms with E-state index >= 15 is 0 Å². The molecule has 0 fully saturated rings. The van der Waals surface area contributed by atoms with E-state index in [-0.39, 0.29) is 7.43 Å². The van der Waals surface area contributed by atoms with Crippen LogP contribution in [0.3, 0.4) is 0 Å². The van der Waals surface area contributed by atoms with Crippen LogP contribution in [-0.4, -0.2) is 0 Å². The molecule has 0 aliphatic carbocycles. The van der Waals surface area contributed by atoms with Gasteiger partial charge < -0.3 is 0 Å². The van der Waals surface area contributed by atoms with Crippen LogP contribution >= 0.6 is 0 Å². The molecule has 2 aromatic rings. The van der Waals surface area contributed by atoms with Crippen LogP contribution < -0.4 is 0 Å². The summed E-state index contributed by atoms with van der Waals surface area (Å²) in [4.78, 5) is 0. The van der Waals surface area contributed by atoms with Gasteiger partial charge in [0.1, 0.15) is 0 Å². The fraction of sp³-hybridized carbons (Fsp3) is 0.294. The molecule has 2 rings (SSSR count). The molecule has 2 aromatic carbocycles. The minimum atomic E-state index is 0. The van der Waals surface area contributed by atoms with E-state index in [9.17, 15) is 0 Å². The SMILES string of the molecule is C.CCCC(c1ccccc1)c1ccccc1. The van der Waals surface area contributed by atoms with Crippen molar-refractivity contribution in [3.63, 3.8) is 0 Å². The highest BCUT2D eigenvalue weighted by atomic mass is 14.2. The minimum absolute atomic E-state index is 0. The third kappa shape index (κ3) is 3.45. The van der Waals surface area contributed by atoms with Crippen LogP contribution in [0, 0.1) is 0 Å². The van der Waals surface area contributed by atoms with Crippen molar-refractivity contribution in [2.45, 2.75) is 33.1 Å². The molecule has 0 nitrogen and oxygen atoms in total. The van der Waals surface area contributed by atoms with Gasteiger partial charge in [-0.3, -0.25) is 0 Å². The number of rotatable bonds is 4. The summed E-state index contributed by atoms with van der Waals surface area (Å²) < 4.78 is 0. The van der Waals surface area contributed by atoms with Gasteiger partial charge in [0, 0.05) is 5.92 Å². The highest BCUT2D eigenvalue weighted by Gasteiger charge is 2.11. The predicted octanol–water partition coefficient (Wildman–Crippen LogP) is 5.25. The molecule has 0 radical (unpaired) electrons. The lowest BCUT2D eigenvalue weighted by molar-refractivity contribution is 0.698. The Morgan fingerprint density at radius 3 is 1.53 bits per heavy atom. The summed E-state index contributed by atoms with van der Waals surface area (Å²) in [7, 11) is 0. The standard InChI is InChI=1S/C16H18.CH4/c1-2-9-16(14-10-5-3-6-11-14)15-12-7-4-8-13-15;/h3-8,10-13,16H,2,9H2,1H3;1H4. The van der Waals surface area contributed by atoms with Crippen molar-refractivity contribution in [1.82, 2.24) is 0 Å². The lowest BCUT2D eigenvalue weighted by Crippen LogP contribution is -2.00. The highest BCUT2D eigenvalue weighted by Crippen LogP contribution is 2.28. The van der Waals surface area contributed by atoms with Gasteiger partial charge in [-0.1, -0.05) is 81.4 Å². The molecule has 0 spiro atoms. The van der Waals surface area contributed by atoms with Crippen LogP contribution in [-0.2, 0) is 0 Å². The molecule has 0 saturated carbocycles. The maximum Gasteiger partial charge on any atom is 0.00892 e. The summed E-state index contributed by atoms with van der Waals surface area (Å²) in [6, 6.07) is 21.6. The molecule has 0 saturated heterocycles. The molecule has 0 amide bonds. The van der Waals surface area contributed by atoms with E-state index < -0.39 is 0 Å². The monoisotopic (exact) mass is 226 g/mol. The van der Waals surface area contributed by atoms with E-state index in [4.69, 9.17) is 0 Å². The Morgan fingerprint density at radius 2 is 1.18 bits per heavy atom. The Morgan fingerprint density at radius 1 is 0.765 bits per heavy atom. The van der Waals surface area contributed by atoms with Crippen LogP contribution in [0.15, 0.2) is 60.7 Å². The Labute approximate surface area is 105 Å². The van der Waals surface area contributed by atoms with Gasteiger partial charge in [-0.25, -0.2) is 0 Å². The average Bonchev–Trinajstić information content (AvgIpc) is 2.38. The van der Waals surface area contributed by atoms with Gasteiger partial charge in [0.25, 0.3) is 0 Å². The maximum atomic E-state index is 2.25. The van der Waals surface area contributed by atoms with Gasteiger partial charge in [0.15, 0.2) is 0 Å². The van der Waals surface area contributed by atoms with Gasteiger partial charge in [0.05, 0.1) is 0 Å². The van der Waals surface area contributed by atoms with Crippen molar-refractivity contribution in [3.8, 4) is 0 Å². The molecule has 90 valence electrons. The molecular weight excluding hydrogens is 204 g/mol. The summed E-state index contributed by atoms with van der Waals surface area (Å²) in [5.74, 6) is 0.549. The smallest absolute Gasteiger partial charge is 0.00892 e. The van der Waals surface area contributed by atoms with Crippen molar-refractivity contribution in [3.05, 3.63) is 71.8 Å². The van der Waals surface area contributed by atoms with E-state index in [2.05, 4.69) is 67.6 Å². The number of hydrogen-bond donors (Lipinski definition) is 0. The Hall–Kier alpha value is -1.56. The summed E-state index contributed by atoms with van der Waals surface area (Å²) in [6.07, 6.45) is 2.43. The van der Waals surface area contributed by atoms with E-state index in [1.165, 1.54) is 24.0 Å². The zero-order chi connectivity index (χ0) is 11.2. The summed E-state index contributed by atoms with van der Waals surface area (Å²) in [5.41, 5.74) is 2.85. The number of benzene rings is 2.